The predicted octanol–water partition coefficient (Wildman–Crippen LogP) is 11.3. The third-order valence-corrected chi connectivity index (χ3v) is 34.2. The highest BCUT2D eigenvalue weighted by atomic mass is 29.3. The SMILES string of the molecule is CC1CC2C(CC3CCCC3C2c2cc(C(C)(C)C)cc(C(C)(C)C)c2)C1[Si](C)(C)[Si](C)(C)C1CCCC1. The van der Waals surface area contributed by atoms with Gasteiger partial charge in [0.15, 0.2) is 0 Å². The van der Waals surface area contributed by atoms with Crippen LogP contribution in [0.15, 0.2) is 18.2 Å². The van der Waals surface area contributed by atoms with Gasteiger partial charge in [-0.1, -0.05) is 131 Å². The molecule has 4 fully saturated rings. The first-order valence-electron chi connectivity index (χ1n) is 16.7. The fraction of sp³-hybridized carbons (Fsp3) is 0.833. The molecule has 1 aromatic rings. The number of hydrogen-bond donors (Lipinski definition) is 0. The Hall–Kier alpha value is -0.346. The highest BCUT2D eigenvalue weighted by molar-refractivity contribution is 7.41. The molecule has 4 saturated carbocycles. The van der Waals surface area contributed by atoms with Crippen LogP contribution >= 0.6 is 0 Å². The Morgan fingerprint density at radius 2 is 1.21 bits per heavy atom. The molecule has 7 unspecified atom stereocenters. The van der Waals surface area contributed by atoms with Gasteiger partial charge in [-0.05, 0) is 93.4 Å². The maximum absolute atomic E-state index is 2.91. The summed E-state index contributed by atoms with van der Waals surface area (Å²) in [5.41, 5.74) is 7.48. The Bertz CT molecular complexity index is 967. The minimum Gasteiger partial charge on any atom is -0.0711 e. The second-order valence-electron chi connectivity index (χ2n) is 18.0. The van der Waals surface area contributed by atoms with E-state index in [0.717, 1.165) is 46.6 Å². The van der Waals surface area contributed by atoms with Gasteiger partial charge in [0.2, 0.25) is 0 Å². The minimum absolute atomic E-state index is 0.205. The van der Waals surface area contributed by atoms with Gasteiger partial charge in [0, 0.05) is 15.2 Å². The molecule has 0 nitrogen and oxygen atoms in total. The Morgan fingerprint density at radius 1 is 0.632 bits per heavy atom. The van der Waals surface area contributed by atoms with Crippen molar-refractivity contribution in [2.75, 3.05) is 0 Å². The molecule has 7 atom stereocenters. The van der Waals surface area contributed by atoms with E-state index in [0.29, 0.717) is 0 Å². The second-order valence-corrected chi connectivity index (χ2v) is 34.1. The minimum atomic E-state index is -1.35. The predicted molar refractivity (Wildman–Crippen MR) is 174 cm³/mol. The smallest absolute Gasteiger partial charge is 0.0451 e. The van der Waals surface area contributed by atoms with Crippen LogP contribution in [-0.2, 0) is 10.8 Å². The van der Waals surface area contributed by atoms with Gasteiger partial charge in [-0.25, -0.2) is 0 Å². The molecule has 2 heteroatoms. The summed E-state index contributed by atoms with van der Waals surface area (Å²) in [5, 5.41) is 0. The third-order valence-electron chi connectivity index (χ3n) is 13.4. The summed E-state index contributed by atoms with van der Waals surface area (Å²) in [4.78, 5) is 0. The van der Waals surface area contributed by atoms with Crippen molar-refractivity contribution in [2.45, 2.75) is 160 Å². The fourth-order valence-electron chi connectivity index (χ4n) is 10.7. The Labute approximate surface area is 239 Å². The van der Waals surface area contributed by atoms with E-state index in [-0.39, 0.29) is 10.8 Å². The summed E-state index contributed by atoms with van der Waals surface area (Å²) in [6, 6.07) is 7.96. The lowest BCUT2D eigenvalue weighted by Gasteiger charge is -2.52. The van der Waals surface area contributed by atoms with Crippen LogP contribution in [0, 0.1) is 29.6 Å². The van der Waals surface area contributed by atoms with Gasteiger partial charge in [-0.15, -0.1) is 0 Å². The van der Waals surface area contributed by atoms with Crippen LogP contribution in [0.25, 0.3) is 0 Å². The molecule has 0 heterocycles. The van der Waals surface area contributed by atoms with Crippen molar-refractivity contribution in [3.63, 3.8) is 0 Å². The van der Waals surface area contributed by atoms with Crippen LogP contribution in [0.4, 0.5) is 0 Å². The van der Waals surface area contributed by atoms with Crippen molar-refractivity contribution in [2.24, 2.45) is 29.6 Å². The first kappa shape index (κ1) is 29.2. The molecule has 4 aliphatic carbocycles. The van der Waals surface area contributed by atoms with Crippen molar-refractivity contribution in [1.29, 1.82) is 0 Å². The summed E-state index contributed by atoms with van der Waals surface area (Å²) in [6.07, 6.45) is 13.7. The number of fused-ring (bicyclic) bond motifs is 2. The summed E-state index contributed by atoms with van der Waals surface area (Å²) >= 11 is 0. The highest BCUT2D eigenvalue weighted by Gasteiger charge is 2.61. The van der Waals surface area contributed by atoms with E-state index in [9.17, 15) is 0 Å². The average molecular weight is 551 g/mol. The molecule has 4 aliphatic rings. The highest BCUT2D eigenvalue weighted by Crippen LogP contribution is 2.66. The molecule has 0 radical (unpaired) electrons. The van der Waals surface area contributed by atoms with Gasteiger partial charge >= 0.3 is 0 Å². The molecule has 214 valence electrons. The first-order chi connectivity index (χ1) is 17.5. The van der Waals surface area contributed by atoms with Crippen LogP contribution in [-0.4, -0.2) is 15.2 Å². The van der Waals surface area contributed by atoms with Gasteiger partial charge in [0.05, 0.1) is 0 Å². The summed E-state index contributed by atoms with van der Waals surface area (Å²) in [5.74, 6) is 5.60. The van der Waals surface area contributed by atoms with Crippen molar-refractivity contribution in [1.82, 2.24) is 0 Å². The molecule has 0 spiro atoms. The largest absolute Gasteiger partial charge is 0.0711 e. The quantitative estimate of drug-likeness (QED) is 0.327. The van der Waals surface area contributed by atoms with Gasteiger partial charge in [0.25, 0.3) is 0 Å². The van der Waals surface area contributed by atoms with Crippen LogP contribution in [0.2, 0.25) is 37.3 Å². The van der Waals surface area contributed by atoms with Gasteiger partial charge < -0.3 is 0 Å². The Morgan fingerprint density at radius 3 is 1.76 bits per heavy atom. The van der Waals surface area contributed by atoms with Gasteiger partial charge in [-0.2, -0.15) is 0 Å². The topological polar surface area (TPSA) is 0 Å². The lowest BCUT2D eigenvalue weighted by atomic mass is 9.61. The van der Waals surface area contributed by atoms with Crippen molar-refractivity contribution in [3.05, 3.63) is 34.9 Å². The maximum Gasteiger partial charge on any atom is 0.0451 e. The molecule has 0 aromatic heterocycles. The van der Waals surface area contributed by atoms with Crippen molar-refractivity contribution < 1.29 is 0 Å². The molecular formula is C36H62Si2. The van der Waals surface area contributed by atoms with E-state index in [1.165, 1.54) is 38.5 Å². The van der Waals surface area contributed by atoms with E-state index < -0.39 is 15.2 Å². The summed E-state index contributed by atoms with van der Waals surface area (Å²) in [6.45, 7) is 28.9. The Kier molecular flexibility index (Phi) is 7.58. The molecule has 1 aromatic carbocycles. The summed E-state index contributed by atoms with van der Waals surface area (Å²) in [7, 11) is -2.60. The zero-order chi connectivity index (χ0) is 27.8. The molecular weight excluding hydrogens is 489 g/mol. The van der Waals surface area contributed by atoms with E-state index >= 15 is 0 Å². The van der Waals surface area contributed by atoms with Gasteiger partial charge in [-0.3, -0.25) is 0 Å². The number of hydrogen-bond acceptors (Lipinski definition) is 0. The zero-order valence-corrected chi connectivity index (χ0v) is 29.2. The summed E-state index contributed by atoms with van der Waals surface area (Å²) < 4.78 is 0. The van der Waals surface area contributed by atoms with Crippen LogP contribution in [0.1, 0.15) is 129 Å². The molecule has 0 bridgehead atoms. The molecule has 38 heavy (non-hydrogen) atoms. The van der Waals surface area contributed by atoms with Crippen LogP contribution in [0.5, 0.6) is 0 Å². The van der Waals surface area contributed by atoms with E-state index in [1.807, 2.05) is 0 Å². The first-order valence-corrected chi connectivity index (χ1v) is 23.8. The van der Waals surface area contributed by atoms with E-state index in [4.69, 9.17) is 0 Å². The van der Waals surface area contributed by atoms with Crippen molar-refractivity contribution in [3.8, 4) is 0 Å². The van der Waals surface area contributed by atoms with Crippen molar-refractivity contribution >= 4 is 15.2 Å². The number of rotatable bonds is 4. The third kappa shape index (κ3) is 4.88. The maximum atomic E-state index is 2.91. The van der Waals surface area contributed by atoms with E-state index in [1.54, 1.807) is 36.0 Å². The van der Waals surface area contributed by atoms with Crippen LogP contribution < -0.4 is 0 Å². The average Bonchev–Trinajstić information content (AvgIpc) is 3.55. The molecule has 0 aliphatic heterocycles. The second kappa shape index (κ2) is 9.89. The molecule has 0 saturated heterocycles. The van der Waals surface area contributed by atoms with Crippen LogP contribution in [0.3, 0.4) is 0 Å². The lowest BCUT2D eigenvalue weighted by molar-refractivity contribution is 0.121. The van der Waals surface area contributed by atoms with E-state index in [2.05, 4.69) is 92.9 Å². The normalized spacial score (nSPS) is 35.0. The number of benzene rings is 1. The molecule has 5 rings (SSSR count). The Balaban J connectivity index is 1.58. The standard InChI is InChI=1S/C36H62Si2/c1-24-19-31-32(34(24)38(10,11)37(8,9)29-16-12-13-17-29)22-25-15-14-18-30(25)33(31)26-20-27(35(2,3)4)23-28(21-26)36(5,6)7/h20-21,23-25,29-34H,12-19,22H2,1-11H3. The lowest BCUT2D eigenvalue weighted by Crippen LogP contribution is -2.62. The zero-order valence-electron chi connectivity index (χ0n) is 27.2. The molecule has 0 N–H and O–H groups in total. The van der Waals surface area contributed by atoms with Gasteiger partial charge in [0.1, 0.15) is 0 Å². The molecule has 0 amide bonds. The monoisotopic (exact) mass is 550 g/mol. The fourth-order valence-corrected chi connectivity index (χ4v) is 25.6.